The monoisotopic (exact) mass is 856 g/mol. The van der Waals surface area contributed by atoms with Gasteiger partial charge in [0.1, 0.15) is 6.04 Å². The van der Waals surface area contributed by atoms with Crippen molar-refractivity contribution >= 4 is 47.2 Å². The largest absolute Gasteiger partial charge is 0.481 e. The molecular weight excluding hydrogens is 779 g/mol. The van der Waals surface area contributed by atoms with Crippen molar-refractivity contribution in [3.05, 3.63) is 0 Å². The summed E-state index contributed by atoms with van der Waals surface area (Å²) in [4.78, 5) is 94.6. The first-order valence-corrected chi connectivity index (χ1v) is 22.0. The average molecular weight is 856 g/mol. The van der Waals surface area contributed by atoms with Gasteiger partial charge in [-0.2, -0.15) is 0 Å². The van der Waals surface area contributed by atoms with Crippen molar-refractivity contribution in [2.24, 2.45) is 11.5 Å². The number of aliphatic hydroxyl groups is 1. The minimum Gasteiger partial charge on any atom is -0.481 e. The van der Waals surface area contributed by atoms with Crippen LogP contribution in [0.1, 0.15) is 148 Å². The van der Waals surface area contributed by atoms with Gasteiger partial charge in [-0.15, -0.1) is 0 Å². The first-order valence-electron chi connectivity index (χ1n) is 22.0. The molecule has 19 nitrogen and oxygen atoms in total. The van der Waals surface area contributed by atoms with Crippen LogP contribution < -0.4 is 48.7 Å². The van der Waals surface area contributed by atoms with Crippen LogP contribution in [0.4, 0.5) is 0 Å². The second-order valence-corrected chi connectivity index (χ2v) is 15.0. The van der Waals surface area contributed by atoms with Gasteiger partial charge in [0.05, 0.1) is 19.2 Å². The smallest absolute Gasteiger partial charge is 0.303 e. The molecule has 0 bridgehead atoms. The van der Waals surface area contributed by atoms with Gasteiger partial charge in [0.25, 0.3) is 0 Å². The van der Waals surface area contributed by atoms with E-state index in [2.05, 4.69) is 37.2 Å². The number of ketones is 1. The van der Waals surface area contributed by atoms with E-state index in [1.807, 2.05) is 0 Å². The summed E-state index contributed by atoms with van der Waals surface area (Å²) in [5.41, 5.74) is 10.7. The van der Waals surface area contributed by atoms with Gasteiger partial charge in [0.2, 0.25) is 35.4 Å². The molecular formula is C41H77N9O10. The van der Waals surface area contributed by atoms with Gasteiger partial charge in [0.15, 0.2) is 5.78 Å². The number of rotatable bonds is 42. The van der Waals surface area contributed by atoms with E-state index < -0.39 is 30.6 Å². The molecule has 19 heteroatoms. The van der Waals surface area contributed by atoms with Crippen molar-refractivity contribution in [1.29, 1.82) is 0 Å². The summed E-state index contributed by atoms with van der Waals surface area (Å²) in [7, 11) is 0. The van der Waals surface area contributed by atoms with E-state index in [-0.39, 0.29) is 74.2 Å². The van der Waals surface area contributed by atoms with Crippen LogP contribution in [-0.4, -0.2) is 122 Å². The highest BCUT2D eigenvalue weighted by molar-refractivity contribution is 5.87. The maximum atomic E-state index is 12.4. The maximum absolute atomic E-state index is 12.4. The zero-order chi connectivity index (χ0) is 44.6. The van der Waals surface area contributed by atoms with E-state index >= 15 is 0 Å². The number of aliphatic hydroxyl groups excluding tert-OH is 1. The Labute approximate surface area is 356 Å². The van der Waals surface area contributed by atoms with E-state index in [4.69, 9.17) is 21.7 Å². The number of unbranched alkanes of at least 4 members (excludes halogenated alkanes) is 10. The highest BCUT2D eigenvalue weighted by Gasteiger charge is 2.20. The molecule has 0 radical (unpaired) electrons. The van der Waals surface area contributed by atoms with Crippen LogP contribution in [0.5, 0.6) is 0 Å². The Kier molecular flexibility index (Phi) is 36.2. The summed E-state index contributed by atoms with van der Waals surface area (Å²) in [6, 6.07) is -1.55. The van der Waals surface area contributed by atoms with Crippen LogP contribution in [0, 0.1) is 0 Å². The van der Waals surface area contributed by atoms with Crippen molar-refractivity contribution in [3.63, 3.8) is 0 Å². The van der Waals surface area contributed by atoms with E-state index in [1.165, 1.54) is 12.8 Å². The fourth-order valence-electron chi connectivity index (χ4n) is 6.15. The molecule has 0 unspecified atom stereocenters. The summed E-state index contributed by atoms with van der Waals surface area (Å²) in [5, 5.41) is 37.3. The molecule has 0 fully saturated rings. The lowest BCUT2D eigenvalue weighted by atomic mass is 10.0. The number of aliphatic carboxylic acids is 1. The second kappa shape index (κ2) is 39.0. The molecule has 60 heavy (non-hydrogen) atoms. The molecule has 0 aromatic rings. The van der Waals surface area contributed by atoms with Gasteiger partial charge in [-0.3, -0.25) is 49.0 Å². The van der Waals surface area contributed by atoms with Gasteiger partial charge in [0, 0.05) is 77.9 Å². The van der Waals surface area contributed by atoms with E-state index in [9.17, 15) is 38.4 Å². The summed E-state index contributed by atoms with van der Waals surface area (Å²) in [5.74, 6) is -2.30. The number of carboxylic acids is 1. The Morgan fingerprint density at radius 3 is 1.13 bits per heavy atom. The lowest BCUT2D eigenvalue weighted by Crippen LogP contribution is -2.50. The summed E-state index contributed by atoms with van der Waals surface area (Å²) in [6.07, 6.45) is 15.9. The van der Waals surface area contributed by atoms with Crippen LogP contribution >= 0.6 is 0 Å². The van der Waals surface area contributed by atoms with Crippen molar-refractivity contribution < 1.29 is 48.6 Å². The molecule has 0 aromatic carbocycles. The predicted molar refractivity (Wildman–Crippen MR) is 228 cm³/mol. The first kappa shape index (κ1) is 55.8. The minimum absolute atomic E-state index is 0.000871. The molecule has 0 aliphatic rings. The highest BCUT2D eigenvalue weighted by atomic mass is 16.4. The number of amides is 6. The number of hydrogen-bond acceptors (Lipinski definition) is 12. The Hall–Kier alpha value is -4.20. The summed E-state index contributed by atoms with van der Waals surface area (Å²) >= 11 is 0. The molecule has 0 aliphatic heterocycles. The topological polar surface area (TPSA) is 313 Å². The van der Waals surface area contributed by atoms with Crippen LogP contribution in [0.25, 0.3) is 0 Å². The Morgan fingerprint density at radius 2 is 0.783 bits per heavy atom. The number of carboxylic acid groups (broad SMARTS) is 1. The highest BCUT2D eigenvalue weighted by Crippen LogP contribution is 2.12. The van der Waals surface area contributed by atoms with Gasteiger partial charge in [-0.05, 0) is 57.8 Å². The van der Waals surface area contributed by atoms with Crippen LogP contribution in [0.2, 0.25) is 0 Å². The van der Waals surface area contributed by atoms with Gasteiger partial charge in [-0.25, -0.2) is 0 Å². The van der Waals surface area contributed by atoms with Crippen molar-refractivity contribution in [3.8, 4) is 0 Å². The maximum Gasteiger partial charge on any atom is 0.303 e. The third kappa shape index (κ3) is 35.7. The molecule has 2 atom stereocenters. The first-order chi connectivity index (χ1) is 28.9. The van der Waals surface area contributed by atoms with Gasteiger partial charge < -0.3 is 48.3 Å². The normalized spacial score (nSPS) is 11.9. The van der Waals surface area contributed by atoms with E-state index in [0.717, 1.165) is 51.4 Å². The fourth-order valence-corrected chi connectivity index (χ4v) is 6.15. The van der Waals surface area contributed by atoms with Crippen molar-refractivity contribution in [2.45, 2.75) is 160 Å². The fraction of sp³-hybridized carbons (Fsp3) is 0.805. The molecule has 346 valence electrons. The molecule has 13 N–H and O–H groups in total. The zero-order valence-corrected chi connectivity index (χ0v) is 35.9. The zero-order valence-electron chi connectivity index (χ0n) is 35.9. The third-order valence-electron chi connectivity index (χ3n) is 9.70. The molecule has 0 aromatic heterocycles. The second-order valence-electron chi connectivity index (χ2n) is 15.0. The number of carbonyl (C=O) groups excluding carboxylic acids is 7. The SMILES string of the molecule is NCN[C@@H](CCCCNC(=O)CCCNC(=O)CCCNC(=O)CCCNC(=O)CCCNC(=O)CCCCCCCCCCCCC(=O)O)C(=O)CN[C@@H](CO)C(N)=O. The number of nitrogens with two attached hydrogens (primary N) is 2. The van der Waals surface area contributed by atoms with Crippen LogP contribution in [0.3, 0.4) is 0 Å². The lowest BCUT2D eigenvalue weighted by molar-refractivity contribution is -0.137. The molecule has 0 rings (SSSR count). The van der Waals surface area contributed by atoms with E-state index in [1.54, 1.807) is 0 Å². The number of carbonyl (C=O) groups is 8. The standard InChI is InChI=1S/C41H77N9O10/c42-31-50-32(34(52)29-49-33(30-51)41(43)60)17-11-12-24-44-36(54)19-13-26-46-38(56)21-15-28-48-39(57)22-16-27-47-37(55)20-14-25-45-35(53)18-9-7-5-3-1-2-4-6-8-10-23-40(58)59/h32-33,49-51H,1-31,42H2,(H2,43,60)(H,44,54)(H,45,53)(H,46,56)(H,47,55)(H,48,57)(H,58,59)/t32-,33-/m0/s1. The lowest BCUT2D eigenvalue weighted by Gasteiger charge is -2.18. The average Bonchev–Trinajstić information content (AvgIpc) is 3.21. The predicted octanol–water partition coefficient (Wildman–Crippen LogP) is 0.504. The van der Waals surface area contributed by atoms with Crippen molar-refractivity contribution in [2.75, 3.05) is 52.5 Å². The van der Waals surface area contributed by atoms with Crippen molar-refractivity contribution in [1.82, 2.24) is 37.2 Å². The molecule has 0 saturated heterocycles. The minimum atomic E-state index is -1.01. The Bertz CT molecular complexity index is 1240. The quantitative estimate of drug-likeness (QED) is 0.0295. The number of hydrogen-bond donors (Lipinski definition) is 11. The molecule has 6 amide bonds. The third-order valence-corrected chi connectivity index (χ3v) is 9.70. The Morgan fingerprint density at radius 1 is 0.433 bits per heavy atom. The summed E-state index contributed by atoms with van der Waals surface area (Å²) < 4.78 is 0. The molecule has 0 spiro atoms. The molecule has 0 heterocycles. The molecule has 0 aliphatic carbocycles. The van der Waals surface area contributed by atoms with Crippen LogP contribution in [-0.2, 0) is 38.4 Å². The van der Waals surface area contributed by atoms with Crippen LogP contribution in [0.15, 0.2) is 0 Å². The summed E-state index contributed by atoms with van der Waals surface area (Å²) in [6.45, 7) is 1.35. The van der Waals surface area contributed by atoms with E-state index in [0.29, 0.717) is 90.5 Å². The van der Waals surface area contributed by atoms with Gasteiger partial charge in [-0.1, -0.05) is 51.4 Å². The molecule has 0 saturated carbocycles. The Balaban J connectivity index is 3.71. The number of primary amides is 1. The number of Topliss-reactive ketones (excluding diaryl/α,β-unsaturated/α-hetero) is 1. The van der Waals surface area contributed by atoms with Gasteiger partial charge >= 0.3 is 5.97 Å². The number of nitrogens with one attached hydrogen (secondary N) is 7.